The van der Waals surface area contributed by atoms with Gasteiger partial charge in [0.1, 0.15) is 11.8 Å². The predicted molar refractivity (Wildman–Crippen MR) is 132 cm³/mol. The first kappa shape index (κ1) is 22.0. The van der Waals surface area contributed by atoms with E-state index >= 15 is 0 Å². The Labute approximate surface area is 205 Å². The van der Waals surface area contributed by atoms with E-state index in [0.717, 1.165) is 30.8 Å². The van der Waals surface area contributed by atoms with Crippen LogP contribution in [-0.4, -0.2) is 30.3 Å². The van der Waals surface area contributed by atoms with Crippen LogP contribution in [0.1, 0.15) is 43.8 Å². The summed E-state index contributed by atoms with van der Waals surface area (Å²) in [4.78, 5) is 28.2. The molecule has 0 aliphatic carbocycles. The molecular weight excluding hydrogens is 494 g/mol. The SMILES string of the molecule is CN1C(=O)c2cc(C#N)c(/N=N/c3ccc4c(c3)CCCN4Cc3ccccc3)c(Br)c2C1=O. The molecule has 2 aliphatic heterocycles. The number of carbonyl (C=O) groups excluding carboxylic acids is 2. The highest BCUT2D eigenvalue weighted by molar-refractivity contribution is 9.10. The van der Waals surface area contributed by atoms with E-state index in [9.17, 15) is 14.9 Å². The lowest BCUT2D eigenvalue weighted by Crippen LogP contribution is -2.28. The van der Waals surface area contributed by atoms with Gasteiger partial charge < -0.3 is 4.90 Å². The molecule has 0 saturated heterocycles. The van der Waals surface area contributed by atoms with E-state index in [0.29, 0.717) is 10.2 Å². The molecule has 3 aromatic rings. The van der Waals surface area contributed by atoms with Gasteiger partial charge in [0.25, 0.3) is 11.8 Å². The maximum Gasteiger partial charge on any atom is 0.262 e. The molecule has 7 nitrogen and oxygen atoms in total. The molecule has 0 spiro atoms. The zero-order chi connectivity index (χ0) is 23.8. The third-order valence-electron chi connectivity index (χ3n) is 6.17. The Balaban J connectivity index is 1.46. The molecule has 34 heavy (non-hydrogen) atoms. The molecule has 0 bridgehead atoms. The van der Waals surface area contributed by atoms with E-state index in [-0.39, 0.29) is 22.4 Å². The molecule has 0 unspecified atom stereocenters. The lowest BCUT2D eigenvalue weighted by molar-refractivity contribution is 0.0693. The number of hydrogen-bond acceptors (Lipinski definition) is 6. The van der Waals surface area contributed by atoms with Crippen molar-refractivity contribution in [3.05, 3.63) is 86.9 Å². The number of imide groups is 1. The Kier molecular flexibility index (Phi) is 5.72. The van der Waals surface area contributed by atoms with Crippen LogP contribution in [0.25, 0.3) is 0 Å². The van der Waals surface area contributed by atoms with Gasteiger partial charge in [-0.05, 0) is 64.2 Å². The lowest BCUT2D eigenvalue weighted by atomic mass is 10.0. The number of anilines is 1. The third kappa shape index (κ3) is 3.78. The average molecular weight is 514 g/mol. The summed E-state index contributed by atoms with van der Waals surface area (Å²) in [7, 11) is 1.42. The second kappa shape index (κ2) is 8.84. The first-order valence-electron chi connectivity index (χ1n) is 10.9. The quantitative estimate of drug-likeness (QED) is 0.320. The standard InChI is InChI=1S/C26H20BrN5O2/c1-31-25(33)20-13-18(14-28)24(23(27)22(20)26(31)34)30-29-19-9-10-21-17(12-19)8-5-11-32(21)15-16-6-3-2-4-7-16/h2-4,6-7,9-10,12-13H,5,8,11,15H2,1H3/b30-29+. The molecule has 3 aromatic carbocycles. The zero-order valence-corrected chi connectivity index (χ0v) is 20.0. The molecule has 2 heterocycles. The summed E-state index contributed by atoms with van der Waals surface area (Å²) in [6, 6.07) is 19.8. The fourth-order valence-electron chi connectivity index (χ4n) is 4.44. The van der Waals surface area contributed by atoms with Gasteiger partial charge in [0.05, 0.1) is 26.9 Å². The van der Waals surface area contributed by atoms with Crippen molar-refractivity contribution in [2.24, 2.45) is 10.2 Å². The maximum absolute atomic E-state index is 12.5. The van der Waals surface area contributed by atoms with E-state index in [1.54, 1.807) is 0 Å². The predicted octanol–water partition coefficient (Wildman–Crippen LogP) is 5.91. The second-order valence-corrected chi connectivity index (χ2v) is 9.11. The summed E-state index contributed by atoms with van der Waals surface area (Å²) in [6.45, 7) is 1.85. The normalized spacial score (nSPS) is 15.0. The van der Waals surface area contributed by atoms with Gasteiger partial charge in [0, 0.05) is 25.8 Å². The summed E-state index contributed by atoms with van der Waals surface area (Å²) in [5.41, 5.74) is 5.15. The third-order valence-corrected chi connectivity index (χ3v) is 6.95. The van der Waals surface area contributed by atoms with Gasteiger partial charge in [0.2, 0.25) is 0 Å². The van der Waals surface area contributed by atoms with Crippen LogP contribution in [0.3, 0.4) is 0 Å². The van der Waals surface area contributed by atoms with E-state index < -0.39 is 11.8 Å². The number of amides is 2. The molecule has 0 radical (unpaired) electrons. The number of carbonyl (C=O) groups is 2. The minimum Gasteiger partial charge on any atom is -0.367 e. The Morgan fingerprint density at radius 3 is 2.62 bits per heavy atom. The number of rotatable bonds is 4. The van der Waals surface area contributed by atoms with Crippen LogP contribution in [0.2, 0.25) is 0 Å². The number of hydrogen-bond donors (Lipinski definition) is 0. The minimum atomic E-state index is -0.435. The summed E-state index contributed by atoms with van der Waals surface area (Å²) >= 11 is 3.38. The molecule has 0 atom stereocenters. The summed E-state index contributed by atoms with van der Waals surface area (Å²) < 4.78 is 0.306. The monoisotopic (exact) mass is 513 g/mol. The van der Waals surface area contributed by atoms with E-state index in [2.05, 4.69) is 67.5 Å². The Morgan fingerprint density at radius 1 is 1.06 bits per heavy atom. The summed E-state index contributed by atoms with van der Waals surface area (Å²) in [5, 5.41) is 18.3. The van der Waals surface area contributed by atoms with Crippen molar-refractivity contribution in [2.45, 2.75) is 19.4 Å². The number of azo groups is 1. The molecular formula is C26H20BrN5O2. The zero-order valence-electron chi connectivity index (χ0n) is 18.5. The fraction of sp³-hybridized carbons (Fsp3) is 0.192. The number of nitriles is 1. The van der Waals surface area contributed by atoms with Crippen molar-refractivity contribution in [3.8, 4) is 6.07 Å². The Hall–Kier alpha value is -3.83. The van der Waals surface area contributed by atoms with Gasteiger partial charge in [-0.2, -0.15) is 10.4 Å². The molecule has 8 heteroatoms. The largest absolute Gasteiger partial charge is 0.367 e. The molecule has 168 valence electrons. The molecule has 2 amide bonds. The average Bonchev–Trinajstić information content (AvgIpc) is 3.07. The van der Waals surface area contributed by atoms with Crippen LogP contribution in [0.5, 0.6) is 0 Å². The van der Waals surface area contributed by atoms with Crippen LogP contribution >= 0.6 is 15.9 Å². The molecule has 0 N–H and O–H groups in total. The van der Waals surface area contributed by atoms with Gasteiger partial charge >= 0.3 is 0 Å². The highest BCUT2D eigenvalue weighted by atomic mass is 79.9. The van der Waals surface area contributed by atoms with Crippen LogP contribution in [0, 0.1) is 11.3 Å². The Bertz CT molecular complexity index is 1390. The number of halogens is 1. The van der Waals surface area contributed by atoms with Crippen molar-refractivity contribution < 1.29 is 9.59 Å². The van der Waals surface area contributed by atoms with Crippen molar-refractivity contribution in [3.63, 3.8) is 0 Å². The van der Waals surface area contributed by atoms with Crippen LogP contribution in [0.4, 0.5) is 17.1 Å². The van der Waals surface area contributed by atoms with Gasteiger partial charge in [-0.3, -0.25) is 14.5 Å². The first-order valence-corrected chi connectivity index (χ1v) is 11.7. The molecule has 5 rings (SSSR count). The van der Waals surface area contributed by atoms with Crippen molar-refractivity contribution in [2.75, 3.05) is 18.5 Å². The van der Waals surface area contributed by atoms with Crippen LogP contribution < -0.4 is 4.90 Å². The van der Waals surface area contributed by atoms with E-state index in [4.69, 9.17) is 0 Å². The number of benzene rings is 3. The van der Waals surface area contributed by atoms with Crippen LogP contribution in [-0.2, 0) is 13.0 Å². The van der Waals surface area contributed by atoms with Crippen molar-refractivity contribution in [1.29, 1.82) is 5.26 Å². The van der Waals surface area contributed by atoms with Gasteiger partial charge in [0.15, 0.2) is 0 Å². The molecule has 2 aliphatic rings. The fourth-order valence-corrected chi connectivity index (χ4v) is 5.12. The molecule has 0 saturated carbocycles. The summed E-state index contributed by atoms with van der Waals surface area (Å²) in [6.07, 6.45) is 2.01. The van der Waals surface area contributed by atoms with Gasteiger partial charge in [-0.1, -0.05) is 30.3 Å². The maximum atomic E-state index is 12.5. The second-order valence-electron chi connectivity index (χ2n) is 8.31. The Morgan fingerprint density at radius 2 is 1.85 bits per heavy atom. The number of aryl methyl sites for hydroxylation is 1. The van der Waals surface area contributed by atoms with Crippen LogP contribution in [0.15, 0.2) is 69.3 Å². The minimum absolute atomic E-state index is 0.179. The van der Waals surface area contributed by atoms with E-state index in [1.165, 1.54) is 29.9 Å². The van der Waals surface area contributed by atoms with E-state index in [1.807, 2.05) is 18.2 Å². The van der Waals surface area contributed by atoms with Crippen molar-refractivity contribution >= 4 is 44.8 Å². The highest BCUT2D eigenvalue weighted by Crippen LogP contribution is 2.40. The highest BCUT2D eigenvalue weighted by Gasteiger charge is 2.37. The lowest BCUT2D eigenvalue weighted by Gasteiger charge is -2.31. The van der Waals surface area contributed by atoms with Gasteiger partial charge in [-0.25, -0.2) is 0 Å². The smallest absolute Gasteiger partial charge is 0.262 e. The van der Waals surface area contributed by atoms with Gasteiger partial charge in [-0.15, -0.1) is 5.11 Å². The topological polar surface area (TPSA) is 89.1 Å². The summed E-state index contributed by atoms with van der Waals surface area (Å²) in [5.74, 6) is -0.865. The van der Waals surface area contributed by atoms with Crippen molar-refractivity contribution in [1.82, 2.24) is 4.90 Å². The number of fused-ring (bicyclic) bond motifs is 2. The first-order chi connectivity index (χ1) is 16.5. The molecule has 0 aromatic heterocycles. The molecule has 0 fully saturated rings. The number of nitrogens with zero attached hydrogens (tertiary/aromatic N) is 5.